The molecule has 0 saturated carbocycles. The maximum absolute atomic E-state index is 5.28. The smallest absolute Gasteiger partial charge is 0.161 e. The Kier molecular flexibility index (Phi) is 2.82. The molecule has 0 spiro atoms. The van der Waals surface area contributed by atoms with E-state index in [1.807, 2.05) is 7.05 Å². The standard InChI is InChI=1S/C12H16NO2/c1-13-7-9-4-8-5-11(14-2)12(15-3)6-10(8)9/h5-6,9H,4,7H2,1-3H3. The maximum atomic E-state index is 5.28. The van der Waals surface area contributed by atoms with Gasteiger partial charge in [-0.1, -0.05) is 0 Å². The van der Waals surface area contributed by atoms with Crippen molar-refractivity contribution in [3.8, 4) is 11.5 Å². The van der Waals surface area contributed by atoms with Gasteiger partial charge in [-0.25, -0.2) is 5.32 Å². The molecule has 1 aromatic rings. The molecule has 1 aliphatic rings. The number of ether oxygens (including phenoxy) is 2. The van der Waals surface area contributed by atoms with E-state index in [0.29, 0.717) is 5.92 Å². The second-order valence-corrected chi connectivity index (χ2v) is 3.81. The van der Waals surface area contributed by atoms with Gasteiger partial charge in [0.1, 0.15) is 0 Å². The Morgan fingerprint density at radius 2 is 1.93 bits per heavy atom. The number of fused-ring (bicyclic) bond motifs is 1. The average molecular weight is 206 g/mol. The maximum Gasteiger partial charge on any atom is 0.161 e. The van der Waals surface area contributed by atoms with Crippen LogP contribution in [0.5, 0.6) is 11.5 Å². The highest BCUT2D eigenvalue weighted by Crippen LogP contribution is 2.41. The van der Waals surface area contributed by atoms with Crippen LogP contribution in [0.3, 0.4) is 0 Å². The Bertz CT molecular complexity index is 363. The molecule has 3 nitrogen and oxygen atoms in total. The summed E-state index contributed by atoms with van der Waals surface area (Å²) in [4.78, 5) is 0. The average Bonchev–Trinajstić information content (AvgIpc) is 2.25. The Labute approximate surface area is 90.4 Å². The lowest BCUT2D eigenvalue weighted by Gasteiger charge is -2.30. The van der Waals surface area contributed by atoms with Crippen molar-refractivity contribution in [1.82, 2.24) is 5.32 Å². The van der Waals surface area contributed by atoms with Gasteiger partial charge in [-0.05, 0) is 29.7 Å². The Balaban J connectivity index is 2.28. The number of hydrogen-bond acceptors (Lipinski definition) is 2. The lowest BCUT2D eigenvalue weighted by molar-refractivity contribution is 0.351. The summed E-state index contributed by atoms with van der Waals surface area (Å²) in [5.41, 5.74) is 2.72. The quantitative estimate of drug-likeness (QED) is 0.749. The molecule has 3 heteroatoms. The van der Waals surface area contributed by atoms with Crippen molar-refractivity contribution >= 4 is 0 Å². The molecule has 1 unspecified atom stereocenters. The highest BCUT2D eigenvalue weighted by molar-refractivity contribution is 5.53. The molecule has 15 heavy (non-hydrogen) atoms. The summed E-state index contributed by atoms with van der Waals surface area (Å²) in [6.45, 7) is 0.905. The first-order chi connectivity index (χ1) is 7.30. The monoisotopic (exact) mass is 206 g/mol. The first-order valence-electron chi connectivity index (χ1n) is 5.10. The zero-order valence-corrected chi connectivity index (χ0v) is 9.41. The molecule has 0 heterocycles. The van der Waals surface area contributed by atoms with Crippen LogP contribution < -0.4 is 14.8 Å². The first-order valence-corrected chi connectivity index (χ1v) is 5.10. The molecular formula is C12H16NO2. The predicted octanol–water partition coefficient (Wildman–Crippen LogP) is 1.58. The van der Waals surface area contributed by atoms with Crippen LogP contribution in [-0.2, 0) is 6.42 Å². The number of rotatable bonds is 4. The van der Waals surface area contributed by atoms with Crippen LogP contribution in [0.1, 0.15) is 17.0 Å². The van der Waals surface area contributed by atoms with Crippen molar-refractivity contribution in [2.24, 2.45) is 0 Å². The van der Waals surface area contributed by atoms with Gasteiger partial charge >= 0.3 is 0 Å². The van der Waals surface area contributed by atoms with E-state index in [9.17, 15) is 0 Å². The molecule has 0 N–H and O–H groups in total. The third kappa shape index (κ3) is 1.67. The van der Waals surface area contributed by atoms with Crippen molar-refractivity contribution in [2.45, 2.75) is 12.3 Å². The minimum atomic E-state index is 0.574. The van der Waals surface area contributed by atoms with Crippen molar-refractivity contribution in [3.63, 3.8) is 0 Å². The normalized spacial score (nSPS) is 17.9. The van der Waals surface area contributed by atoms with Gasteiger partial charge in [0, 0.05) is 19.5 Å². The summed E-state index contributed by atoms with van der Waals surface area (Å²) in [5.74, 6) is 2.21. The van der Waals surface area contributed by atoms with Crippen LogP contribution in [0.25, 0.3) is 0 Å². The van der Waals surface area contributed by atoms with E-state index in [0.717, 1.165) is 24.5 Å². The van der Waals surface area contributed by atoms with E-state index in [4.69, 9.17) is 9.47 Å². The van der Waals surface area contributed by atoms with Crippen LogP contribution in [-0.4, -0.2) is 27.8 Å². The zero-order valence-electron chi connectivity index (χ0n) is 9.41. The summed E-state index contributed by atoms with van der Waals surface area (Å²) in [6.07, 6.45) is 1.10. The number of benzene rings is 1. The lowest BCUT2D eigenvalue weighted by Crippen LogP contribution is -2.24. The summed E-state index contributed by atoms with van der Waals surface area (Å²) < 4.78 is 10.5. The topological polar surface area (TPSA) is 32.6 Å². The molecule has 2 rings (SSSR count). The van der Waals surface area contributed by atoms with E-state index in [1.54, 1.807) is 14.2 Å². The summed E-state index contributed by atoms with van der Waals surface area (Å²) in [5, 5.41) is 4.18. The molecule has 1 atom stereocenters. The second kappa shape index (κ2) is 4.11. The Morgan fingerprint density at radius 3 is 2.53 bits per heavy atom. The summed E-state index contributed by atoms with van der Waals surface area (Å²) in [7, 11) is 5.20. The molecule has 1 radical (unpaired) electrons. The fourth-order valence-electron chi connectivity index (χ4n) is 2.12. The molecule has 1 aliphatic carbocycles. The number of methoxy groups -OCH3 is 2. The van der Waals surface area contributed by atoms with E-state index < -0.39 is 0 Å². The van der Waals surface area contributed by atoms with Crippen LogP contribution >= 0.6 is 0 Å². The molecule has 0 aliphatic heterocycles. The fraction of sp³-hybridized carbons (Fsp3) is 0.500. The number of nitrogens with zero attached hydrogens (tertiary/aromatic N) is 1. The Morgan fingerprint density at radius 1 is 1.27 bits per heavy atom. The number of likely N-dealkylation sites (N-methyl/N-ethyl adjacent to an activating group) is 1. The van der Waals surface area contributed by atoms with Crippen molar-refractivity contribution < 1.29 is 9.47 Å². The van der Waals surface area contributed by atoms with Gasteiger partial charge in [-0.2, -0.15) is 0 Å². The summed E-state index contributed by atoms with van der Waals surface area (Å²) in [6, 6.07) is 4.15. The van der Waals surface area contributed by atoms with E-state index in [-0.39, 0.29) is 0 Å². The van der Waals surface area contributed by atoms with Gasteiger partial charge in [-0.15, -0.1) is 0 Å². The van der Waals surface area contributed by atoms with Gasteiger partial charge in [0.25, 0.3) is 0 Å². The lowest BCUT2D eigenvalue weighted by atomic mass is 9.77. The van der Waals surface area contributed by atoms with E-state index in [2.05, 4.69) is 17.4 Å². The fourth-order valence-corrected chi connectivity index (χ4v) is 2.12. The van der Waals surface area contributed by atoms with Gasteiger partial charge in [0.15, 0.2) is 11.5 Å². The van der Waals surface area contributed by atoms with Crippen molar-refractivity contribution in [1.29, 1.82) is 0 Å². The van der Waals surface area contributed by atoms with Crippen LogP contribution in [0, 0.1) is 0 Å². The molecular weight excluding hydrogens is 190 g/mol. The highest BCUT2D eigenvalue weighted by Gasteiger charge is 2.27. The third-order valence-electron chi connectivity index (χ3n) is 2.95. The Hall–Kier alpha value is -1.22. The molecule has 0 aromatic heterocycles. The van der Waals surface area contributed by atoms with Gasteiger partial charge in [0.2, 0.25) is 0 Å². The van der Waals surface area contributed by atoms with Gasteiger partial charge < -0.3 is 9.47 Å². The van der Waals surface area contributed by atoms with Gasteiger partial charge in [-0.3, -0.25) is 0 Å². The molecule has 0 saturated heterocycles. The molecule has 0 fully saturated rings. The van der Waals surface area contributed by atoms with Crippen LogP contribution in [0.2, 0.25) is 0 Å². The van der Waals surface area contributed by atoms with E-state index >= 15 is 0 Å². The predicted molar refractivity (Wildman–Crippen MR) is 58.9 cm³/mol. The molecule has 1 aromatic carbocycles. The minimum Gasteiger partial charge on any atom is -0.493 e. The zero-order chi connectivity index (χ0) is 10.8. The number of hydrogen-bond donors (Lipinski definition) is 0. The van der Waals surface area contributed by atoms with E-state index in [1.165, 1.54) is 11.1 Å². The molecule has 0 amide bonds. The van der Waals surface area contributed by atoms with Crippen molar-refractivity contribution in [3.05, 3.63) is 23.3 Å². The first kappa shape index (κ1) is 10.3. The van der Waals surface area contributed by atoms with Gasteiger partial charge in [0.05, 0.1) is 14.2 Å². The minimum absolute atomic E-state index is 0.574. The summed E-state index contributed by atoms with van der Waals surface area (Å²) >= 11 is 0. The van der Waals surface area contributed by atoms with Crippen LogP contribution in [0.4, 0.5) is 0 Å². The second-order valence-electron chi connectivity index (χ2n) is 3.81. The van der Waals surface area contributed by atoms with Crippen molar-refractivity contribution in [2.75, 3.05) is 27.8 Å². The van der Waals surface area contributed by atoms with Crippen LogP contribution in [0.15, 0.2) is 12.1 Å². The molecule has 0 bridgehead atoms. The SMILES string of the molecule is C[N]CC1Cc2cc(OC)c(OC)cc21. The highest BCUT2D eigenvalue weighted by atomic mass is 16.5. The third-order valence-corrected chi connectivity index (χ3v) is 2.95. The largest absolute Gasteiger partial charge is 0.493 e. The molecule has 81 valence electrons.